The molecule has 32 heavy (non-hydrogen) atoms. The Morgan fingerprint density at radius 1 is 1.03 bits per heavy atom. The van der Waals surface area contributed by atoms with Gasteiger partial charge in [-0.3, -0.25) is 4.79 Å². The van der Waals surface area contributed by atoms with E-state index in [9.17, 15) is 13.6 Å². The molecule has 170 valence electrons. The van der Waals surface area contributed by atoms with E-state index in [2.05, 4.69) is 29.4 Å². The van der Waals surface area contributed by atoms with Gasteiger partial charge in [-0.05, 0) is 44.0 Å². The van der Waals surface area contributed by atoms with E-state index in [1.165, 1.54) is 30.0 Å². The minimum Gasteiger partial charge on any atom is -0.480 e. The quantitative estimate of drug-likeness (QED) is 0.429. The molecule has 0 fully saturated rings. The van der Waals surface area contributed by atoms with Crippen LogP contribution in [0.5, 0.6) is 5.75 Å². The lowest BCUT2D eigenvalue weighted by atomic mass is 10.2. The summed E-state index contributed by atoms with van der Waals surface area (Å²) in [6.45, 7) is 8.19. The van der Waals surface area contributed by atoms with Gasteiger partial charge in [0.1, 0.15) is 5.82 Å². The van der Waals surface area contributed by atoms with Crippen LogP contribution in [0.4, 0.5) is 14.5 Å². The normalized spacial score (nSPS) is 13.1. The van der Waals surface area contributed by atoms with E-state index in [0.717, 1.165) is 0 Å². The van der Waals surface area contributed by atoms with Crippen LogP contribution in [0.3, 0.4) is 0 Å². The summed E-state index contributed by atoms with van der Waals surface area (Å²) in [5.41, 5.74) is 0.126. The first-order chi connectivity index (χ1) is 15.3. The van der Waals surface area contributed by atoms with Crippen LogP contribution in [-0.2, 0) is 11.3 Å². The van der Waals surface area contributed by atoms with Crippen molar-refractivity contribution in [3.8, 4) is 5.75 Å². The van der Waals surface area contributed by atoms with Crippen molar-refractivity contribution in [3.05, 3.63) is 66.0 Å². The predicted octanol–water partition coefficient (Wildman–Crippen LogP) is 5.47. The van der Waals surface area contributed by atoms with Crippen molar-refractivity contribution in [3.63, 3.8) is 0 Å². The summed E-state index contributed by atoms with van der Waals surface area (Å²) in [5.74, 6) is -0.370. The summed E-state index contributed by atoms with van der Waals surface area (Å²) in [7, 11) is 0. The molecule has 3 rings (SSSR count). The number of hydrogen-bond acceptors (Lipinski definition) is 5. The first-order valence-corrected chi connectivity index (χ1v) is 11.2. The average Bonchev–Trinajstić information content (AvgIpc) is 3.12. The molecule has 1 aromatic heterocycles. The Morgan fingerprint density at radius 2 is 1.69 bits per heavy atom. The Labute approximate surface area is 190 Å². The molecule has 0 saturated heterocycles. The van der Waals surface area contributed by atoms with Crippen molar-refractivity contribution in [1.82, 2.24) is 14.8 Å². The largest absolute Gasteiger partial charge is 0.480 e. The molecule has 0 spiro atoms. The number of ether oxygens (including phenoxy) is 1. The number of para-hydroxylation sites is 2. The maximum atomic E-state index is 14.0. The highest BCUT2D eigenvalue weighted by Crippen LogP contribution is 2.29. The van der Waals surface area contributed by atoms with E-state index in [1.54, 1.807) is 44.2 Å². The Kier molecular flexibility index (Phi) is 7.84. The van der Waals surface area contributed by atoms with E-state index >= 15 is 0 Å². The fourth-order valence-corrected chi connectivity index (χ4v) is 3.88. The summed E-state index contributed by atoms with van der Waals surface area (Å²) < 4.78 is 35.5. The van der Waals surface area contributed by atoms with Gasteiger partial charge in [0.15, 0.2) is 28.7 Å². The maximum Gasteiger partial charge on any atom is 0.237 e. The number of carbonyl (C=O) groups excluding carboxylic acids is 1. The van der Waals surface area contributed by atoms with E-state index in [-0.39, 0.29) is 23.3 Å². The van der Waals surface area contributed by atoms with Crippen LogP contribution < -0.4 is 10.1 Å². The van der Waals surface area contributed by atoms with Gasteiger partial charge >= 0.3 is 0 Å². The van der Waals surface area contributed by atoms with Gasteiger partial charge in [0.2, 0.25) is 5.91 Å². The van der Waals surface area contributed by atoms with Gasteiger partial charge in [-0.15, -0.1) is 10.2 Å². The van der Waals surface area contributed by atoms with Gasteiger partial charge in [-0.2, -0.15) is 0 Å². The molecule has 1 heterocycles. The van der Waals surface area contributed by atoms with Crippen LogP contribution in [0.15, 0.2) is 53.7 Å². The van der Waals surface area contributed by atoms with Crippen LogP contribution >= 0.6 is 11.8 Å². The van der Waals surface area contributed by atoms with Gasteiger partial charge < -0.3 is 14.6 Å². The molecule has 2 unspecified atom stereocenters. The minimum atomic E-state index is -0.560. The Bertz CT molecular complexity index is 1070. The second-order valence-corrected chi connectivity index (χ2v) is 9.07. The first kappa shape index (κ1) is 23.7. The standard InChI is InChI=1S/C23H26F2N4O2S/c1-14(2)13-29-21(15(3)31-20-12-8-6-10-18(20)25)27-28-23(29)32-16(4)22(30)26-19-11-7-5-9-17(19)24/h5-12,14-16H,13H2,1-4H3,(H,26,30). The van der Waals surface area contributed by atoms with Gasteiger partial charge in [-0.25, -0.2) is 8.78 Å². The number of nitrogens with zero attached hydrogens (tertiary/aromatic N) is 3. The molecule has 0 bridgehead atoms. The third kappa shape index (κ3) is 5.85. The van der Waals surface area contributed by atoms with Crippen molar-refractivity contribution in [2.24, 2.45) is 5.92 Å². The first-order valence-electron chi connectivity index (χ1n) is 10.3. The fourth-order valence-electron chi connectivity index (χ4n) is 3.02. The molecule has 0 aliphatic carbocycles. The molecule has 6 nitrogen and oxygen atoms in total. The van der Waals surface area contributed by atoms with Crippen molar-refractivity contribution >= 4 is 23.4 Å². The van der Waals surface area contributed by atoms with Crippen molar-refractivity contribution in [2.45, 2.75) is 50.8 Å². The number of rotatable bonds is 9. The summed E-state index contributed by atoms with van der Waals surface area (Å²) in [5, 5.41) is 11.1. The number of anilines is 1. The van der Waals surface area contributed by atoms with Gasteiger partial charge in [0.05, 0.1) is 10.9 Å². The van der Waals surface area contributed by atoms with E-state index < -0.39 is 23.0 Å². The second kappa shape index (κ2) is 10.6. The number of benzene rings is 2. The minimum absolute atomic E-state index is 0.126. The molecular formula is C23H26F2N4O2S. The van der Waals surface area contributed by atoms with Crippen molar-refractivity contribution in [1.29, 1.82) is 0 Å². The number of thioether (sulfide) groups is 1. The lowest BCUT2D eigenvalue weighted by Crippen LogP contribution is -2.24. The van der Waals surface area contributed by atoms with Crippen LogP contribution in [0, 0.1) is 17.6 Å². The number of carbonyl (C=O) groups is 1. The zero-order valence-corrected chi connectivity index (χ0v) is 19.2. The summed E-state index contributed by atoms with van der Waals surface area (Å²) in [4.78, 5) is 12.6. The van der Waals surface area contributed by atoms with Gasteiger partial charge in [0.25, 0.3) is 0 Å². The number of hydrogen-bond donors (Lipinski definition) is 1. The van der Waals surface area contributed by atoms with E-state index in [0.29, 0.717) is 17.5 Å². The van der Waals surface area contributed by atoms with E-state index in [4.69, 9.17) is 4.74 Å². The van der Waals surface area contributed by atoms with Crippen molar-refractivity contribution < 1.29 is 18.3 Å². The second-order valence-electron chi connectivity index (χ2n) is 7.76. The number of aromatic nitrogens is 3. The summed E-state index contributed by atoms with van der Waals surface area (Å²) >= 11 is 1.22. The summed E-state index contributed by atoms with van der Waals surface area (Å²) in [6.07, 6.45) is -0.560. The molecule has 1 amide bonds. The molecular weight excluding hydrogens is 434 g/mol. The van der Waals surface area contributed by atoms with Crippen LogP contribution in [-0.4, -0.2) is 25.9 Å². The molecule has 0 radical (unpaired) electrons. The molecule has 9 heteroatoms. The van der Waals surface area contributed by atoms with Crippen LogP contribution in [0.25, 0.3) is 0 Å². The van der Waals surface area contributed by atoms with Crippen molar-refractivity contribution in [2.75, 3.05) is 5.32 Å². The van der Waals surface area contributed by atoms with Gasteiger partial charge in [0, 0.05) is 6.54 Å². The highest BCUT2D eigenvalue weighted by molar-refractivity contribution is 8.00. The number of halogens is 2. The van der Waals surface area contributed by atoms with Crippen LogP contribution in [0.2, 0.25) is 0 Å². The SMILES string of the molecule is CC(C)Cn1c(SC(C)C(=O)Nc2ccccc2F)nnc1C(C)Oc1ccccc1F. The molecule has 0 aliphatic heterocycles. The lowest BCUT2D eigenvalue weighted by Gasteiger charge is -2.19. The highest BCUT2D eigenvalue weighted by atomic mass is 32.2. The topological polar surface area (TPSA) is 69.0 Å². The molecule has 2 aromatic carbocycles. The Morgan fingerprint density at radius 3 is 2.34 bits per heavy atom. The zero-order chi connectivity index (χ0) is 23.3. The summed E-state index contributed by atoms with van der Waals surface area (Å²) in [6, 6.07) is 12.2. The Hall–Kier alpha value is -2.94. The third-order valence-corrected chi connectivity index (χ3v) is 5.66. The number of nitrogens with one attached hydrogen (secondary N) is 1. The van der Waals surface area contributed by atoms with Crippen LogP contribution in [0.1, 0.15) is 39.6 Å². The molecule has 3 aromatic rings. The fraction of sp³-hybridized carbons (Fsp3) is 0.348. The lowest BCUT2D eigenvalue weighted by molar-refractivity contribution is -0.115. The third-order valence-electron chi connectivity index (χ3n) is 4.58. The Balaban J connectivity index is 1.77. The molecule has 0 aliphatic rings. The average molecular weight is 461 g/mol. The van der Waals surface area contributed by atoms with E-state index in [1.807, 2.05) is 4.57 Å². The smallest absolute Gasteiger partial charge is 0.237 e. The molecule has 1 N–H and O–H groups in total. The predicted molar refractivity (Wildman–Crippen MR) is 121 cm³/mol. The maximum absolute atomic E-state index is 14.0. The number of amides is 1. The highest BCUT2D eigenvalue weighted by Gasteiger charge is 2.24. The van der Waals surface area contributed by atoms with Gasteiger partial charge in [-0.1, -0.05) is 49.9 Å². The zero-order valence-electron chi connectivity index (χ0n) is 18.4. The monoisotopic (exact) mass is 460 g/mol. The molecule has 2 atom stereocenters. The molecule has 0 saturated carbocycles.